The lowest BCUT2D eigenvalue weighted by atomic mass is 10.1. The number of hydrogen-bond acceptors (Lipinski definition) is 3. The molecule has 0 amide bonds. The fraction of sp³-hybridized carbons (Fsp3) is 0.455. The van der Waals surface area contributed by atoms with Crippen LogP contribution in [0.5, 0.6) is 0 Å². The first kappa shape index (κ1) is 10.9. The van der Waals surface area contributed by atoms with Gasteiger partial charge >= 0.3 is 0 Å². The van der Waals surface area contributed by atoms with E-state index in [-0.39, 0.29) is 0 Å². The Morgan fingerprint density at radius 1 is 1.38 bits per heavy atom. The van der Waals surface area contributed by atoms with Gasteiger partial charge in [-0.05, 0) is 14.0 Å². The molecule has 0 aliphatic rings. The third kappa shape index (κ3) is 1.99. The molecule has 2 aromatic heterocycles. The predicted octanol–water partition coefficient (Wildman–Crippen LogP) is 1.02. The van der Waals surface area contributed by atoms with Crippen LogP contribution in [0.3, 0.4) is 0 Å². The van der Waals surface area contributed by atoms with E-state index in [1.165, 1.54) is 5.56 Å². The number of nitrogens with zero attached hydrogens (tertiary/aromatic N) is 4. The lowest BCUT2D eigenvalue weighted by Crippen LogP contribution is -2.05. The first-order chi connectivity index (χ1) is 7.74. The lowest BCUT2D eigenvalue weighted by molar-refractivity contribution is 0.660. The van der Waals surface area contributed by atoms with Gasteiger partial charge in [0.1, 0.15) is 0 Å². The van der Waals surface area contributed by atoms with Gasteiger partial charge in [0.05, 0.1) is 11.9 Å². The zero-order valence-corrected chi connectivity index (χ0v) is 9.94. The van der Waals surface area contributed by atoms with E-state index in [1.54, 1.807) is 0 Å². The van der Waals surface area contributed by atoms with E-state index >= 15 is 0 Å². The van der Waals surface area contributed by atoms with Crippen molar-refractivity contribution in [1.82, 2.24) is 24.9 Å². The Bertz CT molecular complexity index is 468. The summed E-state index contributed by atoms with van der Waals surface area (Å²) in [6.07, 6.45) is 5.93. The minimum atomic E-state index is 0.820. The van der Waals surface area contributed by atoms with E-state index in [2.05, 4.69) is 22.4 Å². The fourth-order valence-electron chi connectivity index (χ4n) is 1.76. The second kappa shape index (κ2) is 4.49. The molecule has 86 valence electrons. The minimum Gasteiger partial charge on any atom is -0.316 e. The van der Waals surface area contributed by atoms with Crippen molar-refractivity contribution in [3.05, 3.63) is 24.2 Å². The minimum absolute atomic E-state index is 0.820. The van der Waals surface area contributed by atoms with Crippen LogP contribution >= 0.6 is 0 Å². The Hall–Kier alpha value is -1.62. The molecule has 0 atom stereocenters. The van der Waals surface area contributed by atoms with Gasteiger partial charge in [-0.2, -0.15) is 10.2 Å². The van der Waals surface area contributed by atoms with Gasteiger partial charge in [-0.3, -0.25) is 9.36 Å². The highest BCUT2D eigenvalue weighted by Crippen LogP contribution is 2.20. The highest BCUT2D eigenvalue weighted by molar-refractivity contribution is 5.60. The van der Waals surface area contributed by atoms with E-state index in [0.717, 1.165) is 24.3 Å². The molecule has 0 saturated heterocycles. The van der Waals surface area contributed by atoms with Crippen LogP contribution in [0.15, 0.2) is 18.6 Å². The van der Waals surface area contributed by atoms with Crippen molar-refractivity contribution in [2.45, 2.75) is 20.0 Å². The van der Waals surface area contributed by atoms with Crippen molar-refractivity contribution in [2.24, 2.45) is 7.05 Å². The largest absolute Gasteiger partial charge is 0.316 e. The Kier molecular flexibility index (Phi) is 3.05. The fourth-order valence-corrected chi connectivity index (χ4v) is 1.76. The van der Waals surface area contributed by atoms with Crippen molar-refractivity contribution in [1.29, 1.82) is 0 Å². The highest BCUT2D eigenvalue weighted by Gasteiger charge is 2.10. The summed E-state index contributed by atoms with van der Waals surface area (Å²) < 4.78 is 3.75. The van der Waals surface area contributed by atoms with E-state index in [9.17, 15) is 0 Å². The molecule has 0 radical (unpaired) electrons. The van der Waals surface area contributed by atoms with Crippen LogP contribution in [0.4, 0.5) is 0 Å². The molecule has 16 heavy (non-hydrogen) atoms. The maximum Gasteiger partial charge on any atom is 0.0999 e. The molecule has 0 unspecified atom stereocenters. The quantitative estimate of drug-likeness (QED) is 0.835. The first-order valence-corrected chi connectivity index (χ1v) is 5.44. The van der Waals surface area contributed by atoms with E-state index in [1.807, 2.05) is 42.0 Å². The summed E-state index contributed by atoms with van der Waals surface area (Å²) in [7, 11) is 3.87. The third-order valence-corrected chi connectivity index (χ3v) is 2.50. The number of nitrogens with one attached hydrogen (secondary N) is 1. The molecule has 5 nitrogen and oxygen atoms in total. The Morgan fingerprint density at radius 3 is 2.81 bits per heavy atom. The predicted molar refractivity (Wildman–Crippen MR) is 62.9 cm³/mol. The number of aromatic nitrogens is 4. The Morgan fingerprint density at radius 2 is 2.19 bits per heavy atom. The molecule has 1 N–H and O–H groups in total. The highest BCUT2D eigenvalue weighted by atomic mass is 15.3. The molecule has 5 heteroatoms. The van der Waals surface area contributed by atoms with Gasteiger partial charge in [-0.25, -0.2) is 0 Å². The molecular weight excluding hydrogens is 202 g/mol. The van der Waals surface area contributed by atoms with Gasteiger partial charge < -0.3 is 5.32 Å². The van der Waals surface area contributed by atoms with Crippen LogP contribution in [0, 0.1) is 0 Å². The third-order valence-electron chi connectivity index (χ3n) is 2.50. The van der Waals surface area contributed by atoms with E-state index in [4.69, 9.17) is 0 Å². The Balaban J connectivity index is 2.37. The van der Waals surface area contributed by atoms with Crippen molar-refractivity contribution in [3.8, 4) is 11.3 Å². The second-order valence-electron chi connectivity index (χ2n) is 3.79. The summed E-state index contributed by atoms with van der Waals surface area (Å²) >= 11 is 0. The zero-order valence-electron chi connectivity index (χ0n) is 9.94. The van der Waals surface area contributed by atoms with Gasteiger partial charge in [0.15, 0.2) is 0 Å². The summed E-state index contributed by atoms with van der Waals surface area (Å²) in [6.45, 7) is 3.78. The van der Waals surface area contributed by atoms with Crippen molar-refractivity contribution >= 4 is 0 Å². The van der Waals surface area contributed by atoms with Gasteiger partial charge in [-0.15, -0.1) is 0 Å². The van der Waals surface area contributed by atoms with Crippen LogP contribution in [0.25, 0.3) is 11.3 Å². The molecule has 2 rings (SSSR count). The lowest BCUT2D eigenvalue weighted by Gasteiger charge is -1.97. The van der Waals surface area contributed by atoms with Crippen molar-refractivity contribution in [2.75, 3.05) is 7.05 Å². The average molecular weight is 219 g/mol. The number of aryl methyl sites for hydroxylation is 2. The van der Waals surface area contributed by atoms with Gasteiger partial charge in [-0.1, -0.05) is 0 Å². The van der Waals surface area contributed by atoms with Gasteiger partial charge in [0.25, 0.3) is 0 Å². The summed E-state index contributed by atoms with van der Waals surface area (Å²) in [6, 6.07) is 0. The van der Waals surface area contributed by atoms with Gasteiger partial charge in [0, 0.05) is 43.7 Å². The van der Waals surface area contributed by atoms with Crippen molar-refractivity contribution in [3.63, 3.8) is 0 Å². The average Bonchev–Trinajstić information content (AvgIpc) is 2.85. The second-order valence-corrected chi connectivity index (χ2v) is 3.79. The van der Waals surface area contributed by atoms with Crippen LogP contribution < -0.4 is 5.32 Å². The topological polar surface area (TPSA) is 47.7 Å². The molecular formula is C11H17N5. The van der Waals surface area contributed by atoms with E-state index in [0.29, 0.717) is 0 Å². The first-order valence-electron chi connectivity index (χ1n) is 5.44. The van der Waals surface area contributed by atoms with Crippen LogP contribution in [-0.4, -0.2) is 26.6 Å². The number of hydrogen-bond donors (Lipinski definition) is 1. The molecule has 0 aliphatic heterocycles. The maximum atomic E-state index is 4.47. The SMILES string of the molecule is CCn1cc(-c2nn(C)cc2CNC)cn1. The van der Waals surface area contributed by atoms with Crippen LogP contribution in [0.2, 0.25) is 0 Å². The molecule has 0 bridgehead atoms. The molecule has 2 aromatic rings. The summed E-state index contributed by atoms with van der Waals surface area (Å²) in [4.78, 5) is 0. The van der Waals surface area contributed by atoms with Gasteiger partial charge in [0.2, 0.25) is 0 Å². The van der Waals surface area contributed by atoms with E-state index < -0.39 is 0 Å². The zero-order chi connectivity index (χ0) is 11.5. The maximum absolute atomic E-state index is 4.47. The van der Waals surface area contributed by atoms with Crippen LogP contribution in [-0.2, 0) is 20.1 Å². The monoisotopic (exact) mass is 219 g/mol. The Labute approximate surface area is 95.1 Å². The molecule has 0 aromatic carbocycles. The molecule has 2 heterocycles. The summed E-state index contributed by atoms with van der Waals surface area (Å²) in [5, 5.41) is 11.9. The van der Waals surface area contributed by atoms with Crippen LogP contribution in [0.1, 0.15) is 12.5 Å². The number of rotatable bonds is 4. The van der Waals surface area contributed by atoms with Crippen molar-refractivity contribution < 1.29 is 0 Å². The standard InChI is InChI=1S/C11H17N5/c1-4-16-8-10(6-13-16)11-9(5-12-2)7-15(3)14-11/h6-8,12H,4-5H2,1-3H3. The molecule has 0 aliphatic carbocycles. The molecule has 0 fully saturated rings. The molecule has 0 spiro atoms. The molecule has 0 saturated carbocycles. The normalized spacial score (nSPS) is 10.9. The smallest absolute Gasteiger partial charge is 0.0999 e. The summed E-state index contributed by atoms with van der Waals surface area (Å²) in [5.74, 6) is 0. The summed E-state index contributed by atoms with van der Waals surface area (Å²) in [5.41, 5.74) is 3.28.